The van der Waals surface area contributed by atoms with Crippen molar-refractivity contribution in [2.45, 2.75) is 13.2 Å². The number of aliphatic hydroxyl groups excluding tert-OH is 1. The number of nitrogens with one attached hydrogen (secondary N) is 2. The molecule has 0 heterocycles. The Morgan fingerprint density at radius 3 is 2.54 bits per heavy atom. The zero-order valence-corrected chi connectivity index (χ0v) is 13.6. The summed E-state index contributed by atoms with van der Waals surface area (Å²) in [5.41, 5.74) is 2.70. The lowest BCUT2D eigenvalue weighted by atomic mass is 10.2. The van der Waals surface area contributed by atoms with Gasteiger partial charge in [-0.15, -0.1) is 0 Å². The van der Waals surface area contributed by atoms with E-state index in [1.54, 1.807) is 13.2 Å². The van der Waals surface area contributed by atoms with E-state index in [2.05, 4.69) is 10.6 Å². The summed E-state index contributed by atoms with van der Waals surface area (Å²) in [6.07, 6.45) is 0. The zero-order valence-electron chi connectivity index (χ0n) is 13.6. The van der Waals surface area contributed by atoms with Crippen LogP contribution < -0.4 is 15.4 Å². The first-order chi connectivity index (χ1) is 11.7. The highest BCUT2D eigenvalue weighted by molar-refractivity contribution is 5.89. The second kappa shape index (κ2) is 9.54. The summed E-state index contributed by atoms with van der Waals surface area (Å²) < 4.78 is 10.8. The number of methoxy groups -OCH3 is 1. The van der Waals surface area contributed by atoms with E-state index in [-0.39, 0.29) is 19.2 Å². The van der Waals surface area contributed by atoms with Crippen molar-refractivity contribution >= 4 is 11.7 Å². The number of hydrogen-bond donors (Lipinski definition) is 3. The molecule has 0 spiro atoms. The largest absolute Gasteiger partial charge is 0.497 e. The first kappa shape index (κ1) is 17.8. The normalized spacial score (nSPS) is 10.2. The lowest BCUT2D eigenvalue weighted by Gasteiger charge is -2.09. The number of carbonyl (C=O) groups is 1. The van der Waals surface area contributed by atoms with Crippen LogP contribution in [0.3, 0.4) is 0 Å². The van der Waals surface area contributed by atoms with Crippen LogP contribution in [0.25, 0.3) is 0 Å². The van der Waals surface area contributed by atoms with Gasteiger partial charge in [0, 0.05) is 12.2 Å². The Balaban J connectivity index is 1.81. The maximum Gasteiger partial charge on any atom is 0.319 e. The van der Waals surface area contributed by atoms with Gasteiger partial charge in [0.2, 0.25) is 0 Å². The van der Waals surface area contributed by atoms with E-state index in [4.69, 9.17) is 14.6 Å². The molecule has 6 heteroatoms. The summed E-state index contributed by atoms with van der Waals surface area (Å²) >= 11 is 0. The van der Waals surface area contributed by atoms with Crippen molar-refractivity contribution in [3.8, 4) is 5.75 Å². The van der Waals surface area contributed by atoms with Crippen molar-refractivity contribution in [2.75, 3.05) is 25.6 Å². The molecule has 0 aliphatic heterocycles. The van der Waals surface area contributed by atoms with E-state index in [1.165, 1.54) is 0 Å². The van der Waals surface area contributed by atoms with E-state index in [0.717, 1.165) is 16.9 Å². The maximum atomic E-state index is 11.6. The van der Waals surface area contributed by atoms with Gasteiger partial charge in [0.15, 0.2) is 0 Å². The molecular weight excluding hydrogens is 308 g/mol. The molecule has 24 heavy (non-hydrogen) atoms. The highest BCUT2D eigenvalue weighted by Gasteiger charge is 2.02. The van der Waals surface area contributed by atoms with E-state index in [0.29, 0.717) is 18.9 Å². The molecule has 0 fully saturated rings. The van der Waals surface area contributed by atoms with Gasteiger partial charge in [-0.1, -0.05) is 24.3 Å². The van der Waals surface area contributed by atoms with E-state index >= 15 is 0 Å². The lowest BCUT2D eigenvalue weighted by Crippen LogP contribution is -2.30. The average molecular weight is 330 g/mol. The summed E-state index contributed by atoms with van der Waals surface area (Å²) in [7, 11) is 1.64. The van der Waals surface area contributed by atoms with Gasteiger partial charge in [0.05, 0.1) is 26.9 Å². The summed E-state index contributed by atoms with van der Waals surface area (Å²) in [6, 6.07) is 14.8. The van der Waals surface area contributed by atoms with Crippen LogP contribution in [-0.2, 0) is 18.0 Å². The third-order valence-corrected chi connectivity index (χ3v) is 3.28. The summed E-state index contributed by atoms with van der Waals surface area (Å²) in [6.45, 7) is 1.07. The van der Waals surface area contributed by atoms with E-state index in [1.807, 2.05) is 42.5 Å². The number of ether oxygens (including phenoxy) is 2. The van der Waals surface area contributed by atoms with Crippen LogP contribution in [0, 0.1) is 0 Å². The van der Waals surface area contributed by atoms with Crippen molar-refractivity contribution in [1.82, 2.24) is 5.32 Å². The SMILES string of the molecule is COc1ccc(COCc2cccc(NC(=O)NCCO)c2)cc1. The van der Waals surface area contributed by atoms with Gasteiger partial charge < -0.3 is 25.2 Å². The fraction of sp³-hybridized carbons (Fsp3) is 0.278. The Bertz CT molecular complexity index is 644. The highest BCUT2D eigenvalue weighted by atomic mass is 16.5. The Morgan fingerprint density at radius 1 is 1.08 bits per heavy atom. The molecular formula is C18H22N2O4. The molecule has 0 saturated carbocycles. The summed E-state index contributed by atoms with van der Waals surface area (Å²) in [5, 5.41) is 13.9. The predicted molar refractivity (Wildman–Crippen MR) is 92.0 cm³/mol. The van der Waals surface area contributed by atoms with Gasteiger partial charge >= 0.3 is 6.03 Å². The summed E-state index contributed by atoms with van der Waals surface area (Å²) in [4.78, 5) is 11.6. The first-order valence-electron chi connectivity index (χ1n) is 7.66. The van der Waals surface area contributed by atoms with Gasteiger partial charge in [0.25, 0.3) is 0 Å². The minimum Gasteiger partial charge on any atom is -0.497 e. The molecule has 2 aromatic carbocycles. The van der Waals surface area contributed by atoms with Crippen molar-refractivity contribution in [3.05, 3.63) is 59.7 Å². The molecule has 0 aromatic heterocycles. The molecule has 2 amide bonds. The van der Waals surface area contributed by atoms with Gasteiger partial charge in [0.1, 0.15) is 5.75 Å². The van der Waals surface area contributed by atoms with Crippen molar-refractivity contribution in [1.29, 1.82) is 0 Å². The van der Waals surface area contributed by atoms with Crippen molar-refractivity contribution in [3.63, 3.8) is 0 Å². The molecule has 2 rings (SSSR count). The van der Waals surface area contributed by atoms with Crippen LogP contribution in [0.2, 0.25) is 0 Å². The predicted octanol–water partition coefficient (Wildman–Crippen LogP) is 2.53. The third kappa shape index (κ3) is 5.91. The molecule has 0 aliphatic rings. The molecule has 0 unspecified atom stereocenters. The van der Waals surface area contributed by atoms with Crippen LogP contribution in [0.4, 0.5) is 10.5 Å². The van der Waals surface area contributed by atoms with Crippen LogP contribution >= 0.6 is 0 Å². The molecule has 0 atom stereocenters. The van der Waals surface area contributed by atoms with E-state index < -0.39 is 0 Å². The average Bonchev–Trinajstić information content (AvgIpc) is 2.61. The number of aliphatic hydroxyl groups is 1. The number of benzene rings is 2. The third-order valence-electron chi connectivity index (χ3n) is 3.28. The molecule has 0 radical (unpaired) electrons. The number of urea groups is 1. The monoisotopic (exact) mass is 330 g/mol. The van der Waals surface area contributed by atoms with Crippen LogP contribution in [0.15, 0.2) is 48.5 Å². The second-order valence-electron chi connectivity index (χ2n) is 5.15. The number of anilines is 1. The van der Waals surface area contributed by atoms with Gasteiger partial charge in [-0.05, 0) is 35.4 Å². The number of hydrogen-bond acceptors (Lipinski definition) is 4. The standard InChI is InChI=1S/C18H22N2O4/c1-23-17-7-5-14(6-8-17)12-24-13-15-3-2-4-16(11-15)20-18(22)19-9-10-21/h2-8,11,21H,9-10,12-13H2,1H3,(H2,19,20,22). The highest BCUT2D eigenvalue weighted by Crippen LogP contribution is 2.14. The minimum atomic E-state index is -0.347. The van der Waals surface area contributed by atoms with Crippen LogP contribution in [0.1, 0.15) is 11.1 Å². The Hall–Kier alpha value is -2.57. The minimum absolute atomic E-state index is 0.0906. The molecule has 128 valence electrons. The lowest BCUT2D eigenvalue weighted by molar-refractivity contribution is 0.107. The fourth-order valence-corrected chi connectivity index (χ4v) is 2.09. The number of amides is 2. The molecule has 3 N–H and O–H groups in total. The van der Waals surface area contributed by atoms with Gasteiger partial charge in [-0.2, -0.15) is 0 Å². The quantitative estimate of drug-likeness (QED) is 0.695. The fourth-order valence-electron chi connectivity index (χ4n) is 2.09. The zero-order chi connectivity index (χ0) is 17.2. The topological polar surface area (TPSA) is 79.8 Å². The Kier molecular flexibility index (Phi) is 7.07. The number of carbonyl (C=O) groups excluding carboxylic acids is 1. The van der Waals surface area contributed by atoms with Crippen molar-refractivity contribution < 1.29 is 19.4 Å². The van der Waals surface area contributed by atoms with Gasteiger partial charge in [-0.25, -0.2) is 4.79 Å². The van der Waals surface area contributed by atoms with Crippen molar-refractivity contribution in [2.24, 2.45) is 0 Å². The van der Waals surface area contributed by atoms with Crippen LogP contribution in [-0.4, -0.2) is 31.4 Å². The first-order valence-corrected chi connectivity index (χ1v) is 7.66. The molecule has 6 nitrogen and oxygen atoms in total. The molecule has 0 bridgehead atoms. The second-order valence-corrected chi connectivity index (χ2v) is 5.15. The number of rotatable bonds is 8. The summed E-state index contributed by atoms with van der Waals surface area (Å²) in [5.74, 6) is 0.817. The Morgan fingerprint density at radius 2 is 1.83 bits per heavy atom. The maximum absolute atomic E-state index is 11.6. The van der Waals surface area contributed by atoms with Crippen LogP contribution in [0.5, 0.6) is 5.75 Å². The molecule has 2 aromatic rings. The van der Waals surface area contributed by atoms with Gasteiger partial charge in [-0.3, -0.25) is 0 Å². The smallest absolute Gasteiger partial charge is 0.319 e. The molecule has 0 aliphatic carbocycles. The molecule has 0 saturated heterocycles. The Labute approximate surface area is 141 Å². The van der Waals surface area contributed by atoms with E-state index in [9.17, 15) is 4.79 Å².